The van der Waals surface area contributed by atoms with Crippen molar-refractivity contribution in [2.24, 2.45) is 0 Å². The molecule has 0 aromatic heterocycles. The molecule has 0 unspecified atom stereocenters. The van der Waals surface area contributed by atoms with Gasteiger partial charge in [-0.25, -0.2) is 0 Å². The van der Waals surface area contributed by atoms with Gasteiger partial charge in [-0.1, -0.05) is 44.7 Å². The minimum atomic E-state index is -1.40. The Balaban J connectivity index is 0. The van der Waals surface area contributed by atoms with Gasteiger partial charge in [0, 0.05) is 10.2 Å². The quantitative estimate of drug-likeness (QED) is 0.233. The maximum atomic E-state index is 9.23. The Morgan fingerprint density at radius 2 is 1.48 bits per heavy atom. The maximum absolute atomic E-state index is 9.23. The molecule has 6 atom stereocenters. The first-order chi connectivity index (χ1) is 10.7. The molecule has 0 fully saturated rings. The van der Waals surface area contributed by atoms with Gasteiger partial charge in [0.05, 0.1) is 12.7 Å². The van der Waals surface area contributed by atoms with Crippen LogP contribution in [-0.4, -0.2) is 89.2 Å². The van der Waals surface area contributed by atoms with Crippen molar-refractivity contribution in [1.82, 2.24) is 0 Å². The number of rotatable bonds is 10. The molecule has 0 bridgehead atoms. The summed E-state index contributed by atoms with van der Waals surface area (Å²) in [5.74, 6) is 0. The average Bonchev–Trinajstić information content (AvgIpc) is 2.58. The molecule has 7 nitrogen and oxygen atoms in total. The van der Waals surface area contributed by atoms with Crippen molar-refractivity contribution in [3.63, 3.8) is 0 Å². The zero-order chi connectivity index (χ0) is 18.6. The van der Waals surface area contributed by atoms with Gasteiger partial charge < -0.3 is 35.7 Å². The summed E-state index contributed by atoms with van der Waals surface area (Å²) < 4.78 is 0. The first-order valence-electron chi connectivity index (χ1n) is 7.34. The Kier molecular flexibility index (Phi) is 15.6. The van der Waals surface area contributed by atoms with Crippen LogP contribution in [0.25, 0.3) is 0 Å². The molecule has 0 aliphatic heterocycles. The second-order valence-corrected chi connectivity index (χ2v) is 5.78. The molecule has 0 aliphatic carbocycles. The van der Waals surface area contributed by atoms with Gasteiger partial charge in [0.2, 0.25) is 0 Å². The van der Waals surface area contributed by atoms with Crippen LogP contribution in [0.15, 0.2) is 0 Å². The Morgan fingerprint density at radius 3 is 1.83 bits per heavy atom. The Hall–Kier alpha value is -0.100. The number of thiocarbonyl (C=S) groups is 2. The van der Waals surface area contributed by atoms with Gasteiger partial charge in [0.1, 0.15) is 30.5 Å². The Morgan fingerprint density at radius 1 is 0.957 bits per heavy atom. The zero-order valence-corrected chi connectivity index (χ0v) is 14.9. The molecule has 0 heterocycles. The van der Waals surface area contributed by atoms with Crippen LogP contribution in [-0.2, 0) is 0 Å². The lowest BCUT2D eigenvalue weighted by Crippen LogP contribution is -2.43. The molecule has 0 radical (unpaired) electrons. The SMILES string of the molecule is CCC(=S)[C@H](O)[C@H](O)[C@H](O)CO.CCC[C@@H](O)[C@@H](O)[C@@H](O)C=S. The van der Waals surface area contributed by atoms with Crippen molar-refractivity contribution in [1.29, 1.82) is 0 Å². The summed E-state index contributed by atoms with van der Waals surface area (Å²) >= 11 is 9.13. The lowest BCUT2D eigenvalue weighted by molar-refractivity contribution is -0.0551. The summed E-state index contributed by atoms with van der Waals surface area (Å²) in [6, 6.07) is 0. The van der Waals surface area contributed by atoms with Gasteiger partial charge in [0.25, 0.3) is 0 Å². The van der Waals surface area contributed by atoms with Gasteiger partial charge in [-0.2, -0.15) is 0 Å². The fourth-order valence-corrected chi connectivity index (χ4v) is 1.79. The van der Waals surface area contributed by atoms with Crippen molar-refractivity contribution < 1.29 is 35.7 Å². The highest BCUT2D eigenvalue weighted by atomic mass is 32.1. The molecule has 0 aromatic rings. The van der Waals surface area contributed by atoms with Crippen LogP contribution in [0.2, 0.25) is 0 Å². The first-order valence-corrected chi connectivity index (χ1v) is 8.22. The van der Waals surface area contributed by atoms with Crippen molar-refractivity contribution in [3.05, 3.63) is 0 Å². The molecule has 0 aromatic carbocycles. The van der Waals surface area contributed by atoms with Crippen molar-refractivity contribution >= 4 is 34.7 Å². The minimum absolute atomic E-state index is 0.273. The van der Waals surface area contributed by atoms with E-state index in [0.29, 0.717) is 12.8 Å². The van der Waals surface area contributed by atoms with E-state index in [4.69, 9.17) is 42.9 Å². The normalized spacial score (nSPS) is 18.7. The van der Waals surface area contributed by atoms with E-state index in [-0.39, 0.29) is 4.86 Å². The van der Waals surface area contributed by atoms with Gasteiger partial charge in [-0.15, -0.1) is 0 Å². The molecular weight excluding hydrogens is 344 g/mol. The number of hydrogen-bond acceptors (Lipinski definition) is 9. The fraction of sp³-hybridized carbons (Fsp3) is 0.857. The molecular formula is C14H28O7S2. The summed E-state index contributed by atoms with van der Waals surface area (Å²) in [6.07, 6.45) is -5.43. The van der Waals surface area contributed by atoms with Crippen molar-refractivity contribution in [3.8, 4) is 0 Å². The number of hydrogen-bond donors (Lipinski definition) is 7. The maximum Gasteiger partial charge on any atom is 0.114 e. The molecule has 7 N–H and O–H groups in total. The van der Waals surface area contributed by atoms with Gasteiger partial charge in [0.15, 0.2) is 0 Å². The lowest BCUT2D eigenvalue weighted by atomic mass is 10.0. The highest BCUT2D eigenvalue weighted by Gasteiger charge is 2.26. The van der Waals surface area contributed by atoms with E-state index in [1.807, 2.05) is 6.92 Å². The molecule has 0 saturated heterocycles. The molecule has 0 rings (SSSR count). The van der Waals surface area contributed by atoms with E-state index < -0.39 is 43.2 Å². The Labute approximate surface area is 147 Å². The summed E-state index contributed by atoms with van der Waals surface area (Å²) in [4.78, 5) is 0.273. The largest absolute Gasteiger partial charge is 0.394 e. The summed E-state index contributed by atoms with van der Waals surface area (Å²) in [5.41, 5.74) is 0. The lowest BCUT2D eigenvalue weighted by Gasteiger charge is -2.21. The molecule has 138 valence electrons. The highest BCUT2D eigenvalue weighted by Crippen LogP contribution is 2.05. The van der Waals surface area contributed by atoms with Gasteiger partial charge in [-0.3, -0.25) is 0 Å². The van der Waals surface area contributed by atoms with Crippen LogP contribution in [0.5, 0.6) is 0 Å². The van der Waals surface area contributed by atoms with Crippen LogP contribution in [0.1, 0.15) is 33.1 Å². The molecule has 23 heavy (non-hydrogen) atoms. The van der Waals surface area contributed by atoms with E-state index in [9.17, 15) is 5.11 Å². The monoisotopic (exact) mass is 372 g/mol. The zero-order valence-electron chi connectivity index (χ0n) is 13.3. The molecule has 0 amide bonds. The van der Waals surface area contributed by atoms with Crippen molar-refractivity contribution in [2.45, 2.75) is 69.7 Å². The van der Waals surface area contributed by atoms with Gasteiger partial charge in [-0.05, 0) is 12.8 Å². The van der Waals surface area contributed by atoms with Crippen LogP contribution in [0.4, 0.5) is 0 Å². The summed E-state index contributed by atoms with van der Waals surface area (Å²) in [7, 11) is 0. The topological polar surface area (TPSA) is 142 Å². The molecule has 0 saturated carbocycles. The van der Waals surface area contributed by atoms with Crippen molar-refractivity contribution in [2.75, 3.05) is 6.61 Å². The second kappa shape index (κ2) is 14.3. The van der Waals surface area contributed by atoms with E-state index in [1.54, 1.807) is 6.92 Å². The molecule has 0 aliphatic rings. The van der Waals surface area contributed by atoms with E-state index >= 15 is 0 Å². The van der Waals surface area contributed by atoms with Crippen LogP contribution in [0, 0.1) is 0 Å². The van der Waals surface area contributed by atoms with Crippen LogP contribution in [0.3, 0.4) is 0 Å². The standard InChI is InChI=1S/C7H14O4S.C7H14O3S/c1-2-5(12)7(11)6(10)4(9)3-8;1-2-3-5(8)7(10)6(9)4-11/h4,6-11H,2-3H2,1H3;4-10H,2-3H2,1H3/t4-,6-,7+;5-,6+,7-/m11/s1. The Bertz CT molecular complexity index is 330. The number of aliphatic hydroxyl groups is 7. The minimum Gasteiger partial charge on any atom is -0.394 e. The first kappa shape index (κ1) is 25.1. The third kappa shape index (κ3) is 10.4. The predicted molar refractivity (Wildman–Crippen MR) is 94.6 cm³/mol. The summed E-state index contributed by atoms with van der Waals surface area (Å²) in [5, 5.41) is 64.0. The van der Waals surface area contributed by atoms with E-state index in [2.05, 4.69) is 12.2 Å². The second-order valence-electron chi connectivity index (χ2n) is 4.98. The van der Waals surface area contributed by atoms with E-state index in [1.165, 1.54) is 0 Å². The highest BCUT2D eigenvalue weighted by molar-refractivity contribution is 7.80. The summed E-state index contributed by atoms with van der Waals surface area (Å²) in [6.45, 7) is 3.04. The third-order valence-electron chi connectivity index (χ3n) is 3.05. The van der Waals surface area contributed by atoms with E-state index in [0.717, 1.165) is 11.8 Å². The number of aliphatic hydroxyl groups excluding tert-OH is 7. The fourth-order valence-electron chi connectivity index (χ4n) is 1.49. The smallest absolute Gasteiger partial charge is 0.114 e. The third-order valence-corrected chi connectivity index (χ3v) is 3.86. The average molecular weight is 373 g/mol. The molecule has 0 spiro atoms. The van der Waals surface area contributed by atoms with Crippen LogP contribution >= 0.6 is 24.4 Å². The predicted octanol–water partition coefficient (Wildman–Crippen LogP) is -1.29. The molecule has 9 heteroatoms. The van der Waals surface area contributed by atoms with Gasteiger partial charge >= 0.3 is 0 Å². The van der Waals surface area contributed by atoms with Crippen LogP contribution < -0.4 is 0 Å².